The van der Waals surface area contributed by atoms with Gasteiger partial charge in [0.25, 0.3) is 0 Å². The van der Waals surface area contributed by atoms with Crippen LogP contribution in [0.4, 0.5) is 0 Å². The molecule has 0 aliphatic rings. The average molecular weight is 173 g/mol. The summed E-state index contributed by atoms with van der Waals surface area (Å²) in [4.78, 5) is 0. The standard InChI is InChI=1S/C10H23NO/c1-4-6-9(7-11)10(12)8(3)5-2/h8-10,12H,4-7,11H2,1-3H3. The highest BCUT2D eigenvalue weighted by molar-refractivity contribution is 4.73. The molecule has 74 valence electrons. The van der Waals surface area contributed by atoms with Crippen molar-refractivity contribution in [1.29, 1.82) is 0 Å². The van der Waals surface area contributed by atoms with Crippen molar-refractivity contribution >= 4 is 0 Å². The van der Waals surface area contributed by atoms with E-state index in [1.807, 2.05) is 0 Å². The van der Waals surface area contributed by atoms with E-state index in [9.17, 15) is 5.11 Å². The third-order valence-electron chi connectivity index (χ3n) is 2.67. The largest absolute Gasteiger partial charge is 0.393 e. The second-order valence-electron chi connectivity index (χ2n) is 3.66. The van der Waals surface area contributed by atoms with E-state index in [4.69, 9.17) is 5.73 Å². The molecule has 0 aromatic rings. The Morgan fingerprint density at radius 2 is 1.92 bits per heavy atom. The van der Waals surface area contributed by atoms with Gasteiger partial charge in [-0.25, -0.2) is 0 Å². The Bertz CT molecular complexity index is 106. The molecule has 0 heterocycles. The molecule has 0 saturated carbocycles. The molecular formula is C10H23NO. The van der Waals surface area contributed by atoms with Gasteiger partial charge in [-0.15, -0.1) is 0 Å². The van der Waals surface area contributed by atoms with E-state index in [0.717, 1.165) is 19.3 Å². The van der Waals surface area contributed by atoms with Gasteiger partial charge >= 0.3 is 0 Å². The summed E-state index contributed by atoms with van der Waals surface area (Å²) in [5.41, 5.74) is 5.59. The molecule has 3 N–H and O–H groups in total. The molecular weight excluding hydrogens is 150 g/mol. The maximum atomic E-state index is 9.83. The monoisotopic (exact) mass is 173 g/mol. The summed E-state index contributed by atoms with van der Waals surface area (Å²) < 4.78 is 0. The Balaban J connectivity index is 3.91. The number of aliphatic hydroxyl groups excluding tert-OH is 1. The minimum atomic E-state index is -0.208. The van der Waals surface area contributed by atoms with Crippen molar-refractivity contribution < 1.29 is 5.11 Å². The highest BCUT2D eigenvalue weighted by Gasteiger charge is 2.21. The number of hydrogen-bond donors (Lipinski definition) is 2. The second-order valence-corrected chi connectivity index (χ2v) is 3.66. The molecule has 0 rings (SSSR count). The molecule has 0 saturated heterocycles. The molecule has 0 amide bonds. The van der Waals surface area contributed by atoms with Gasteiger partial charge in [-0.3, -0.25) is 0 Å². The van der Waals surface area contributed by atoms with Crippen molar-refractivity contribution in [3.63, 3.8) is 0 Å². The predicted octanol–water partition coefficient (Wildman–Crippen LogP) is 1.77. The van der Waals surface area contributed by atoms with Crippen molar-refractivity contribution in [2.45, 2.75) is 46.1 Å². The molecule has 0 aromatic heterocycles. The lowest BCUT2D eigenvalue weighted by atomic mass is 9.87. The van der Waals surface area contributed by atoms with Crippen LogP contribution in [0.1, 0.15) is 40.0 Å². The fourth-order valence-corrected chi connectivity index (χ4v) is 1.50. The number of hydrogen-bond acceptors (Lipinski definition) is 2. The van der Waals surface area contributed by atoms with Crippen LogP contribution < -0.4 is 5.73 Å². The quantitative estimate of drug-likeness (QED) is 0.643. The molecule has 0 bridgehead atoms. The average Bonchev–Trinajstić information content (AvgIpc) is 2.11. The lowest BCUT2D eigenvalue weighted by Crippen LogP contribution is -2.32. The molecule has 0 radical (unpaired) electrons. The van der Waals surface area contributed by atoms with Crippen molar-refractivity contribution in [2.75, 3.05) is 6.54 Å². The van der Waals surface area contributed by atoms with E-state index in [2.05, 4.69) is 20.8 Å². The van der Waals surface area contributed by atoms with Gasteiger partial charge < -0.3 is 10.8 Å². The van der Waals surface area contributed by atoms with Crippen LogP contribution in [0.25, 0.3) is 0 Å². The third-order valence-corrected chi connectivity index (χ3v) is 2.67. The smallest absolute Gasteiger partial charge is 0.0605 e. The van der Waals surface area contributed by atoms with Crippen LogP contribution in [-0.4, -0.2) is 17.8 Å². The molecule has 0 aliphatic carbocycles. The van der Waals surface area contributed by atoms with Gasteiger partial charge in [0.1, 0.15) is 0 Å². The van der Waals surface area contributed by atoms with Crippen LogP contribution in [0.5, 0.6) is 0 Å². The molecule has 2 heteroatoms. The van der Waals surface area contributed by atoms with Gasteiger partial charge in [0, 0.05) is 0 Å². The summed E-state index contributed by atoms with van der Waals surface area (Å²) in [6.45, 7) is 6.93. The van der Waals surface area contributed by atoms with Crippen molar-refractivity contribution in [3.05, 3.63) is 0 Å². The van der Waals surface area contributed by atoms with Gasteiger partial charge in [0.15, 0.2) is 0 Å². The number of nitrogens with two attached hydrogens (primary N) is 1. The van der Waals surface area contributed by atoms with Gasteiger partial charge in [0.05, 0.1) is 6.10 Å². The van der Waals surface area contributed by atoms with E-state index >= 15 is 0 Å². The molecule has 12 heavy (non-hydrogen) atoms. The van der Waals surface area contributed by atoms with Crippen LogP contribution in [0.2, 0.25) is 0 Å². The van der Waals surface area contributed by atoms with Crippen LogP contribution >= 0.6 is 0 Å². The summed E-state index contributed by atoms with van der Waals surface area (Å²) in [7, 11) is 0. The van der Waals surface area contributed by atoms with Gasteiger partial charge in [0.2, 0.25) is 0 Å². The summed E-state index contributed by atoms with van der Waals surface area (Å²) in [5.74, 6) is 0.676. The summed E-state index contributed by atoms with van der Waals surface area (Å²) in [5, 5.41) is 9.83. The Morgan fingerprint density at radius 1 is 1.33 bits per heavy atom. The lowest BCUT2D eigenvalue weighted by molar-refractivity contribution is 0.0549. The first kappa shape index (κ1) is 11.9. The first-order chi connectivity index (χ1) is 5.67. The molecule has 2 nitrogen and oxygen atoms in total. The highest BCUT2D eigenvalue weighted by Crippen LogP contribution is 2.19. The Morgan fingerprint density at radius 3 is 2.25 bits per heavy atom. The van der Waals surface area contributed by atoms with Gasteiger partial charge in [-0.05, 0) is 24.8 Å². The molecule has 3 unspecified atom stereocenters. The lowest BCUT2D eigenvalue weighted by Gasteiger charge is -2.25. The van der Waals surface area contributed by atoms with Crippen molar-refractivity contribution in [2.24, 2.45) is 17.6 Å². The van der Waals surface area contributed by atoms with Crippen molar-refractivity contribution in [1.82, 2.24) is 0 Å². The van der Waals surface area contributed by atoms with Crippen LogP contribution in [-0.2, 0) is 0 Å². The summed E-state index contributed by atoms with van der Waals surface area (Å²) in [6, 6.07) is 0. The van der Waals surface area contributed by atoms with E-state index < -0.39 is 0 Å². The van der Waals surface area contributed by atoms with Gasteiger partial charge in [-0.1, -0.05) is 33.6 Å². The number of rotatable bonds is 6. The summed E-state index contributed by atoms with van der Waals surface area (Å²) >= 11 is 0. The Kier molecular flexibility index (Phi) is 6.39. The topological polar surface area (TPSA) is 46.2 Å². The van der Waals surface area contributed by atoms with E-state index in [1.165, 1.54) is 0 Å². The van der Waals surface area contributed by atoms with E-state index in [-0.39, 0.29) is 6.10 Å². The van der Waals surface area contributed by atoms with Crippen LogP contribution in [0.15, 0.2) is 0 Å². The Hall–Kier alpha value is -0.0800. The minimum Gasteiger partial charge on any atom is -0.393 e. The Labute approximate surface area is 76.2 Å². The summed E-state index contributed by atoms with van der Waals surface area (Å²) in [6.07, 6.45) is 2.97. The molecule has 0 aliphatic heterocycles. The molecule has 0 spiro atoms. The van der Waals surface area contributed by atoms with Crippen LogP contribution in [0.3, 0.4) is 0 Å². The maximum absolute atomic E-state index is 9.83. The zero-order valence-electron chi connectivity index (χ0n) is 8.59. The second kappa shape index (κ2) is 6.44. The SMILES string of the molecule is CCCC(CN)C(O)C(C)CC. The molecule has 0 fully saturated rings. The first-order valence-corrected chi connectivity index (χ1v) is 5.05. The first-order valence-electron chi connectivity index (χ1n) is 5.05. The zero-order valence-corrected chi connectivity index (χ0v) is 8.59. The maximum Gasteiger partial charge on any atom is 0.0605 e. The minimum absolute atomic E-state index is 0.208. The predicted molar refractivity (Wildman–Crippen MR) is 52.9 cm³/mol. The normalized spacial score (nSPS) is 18.8. The zero-order chi connectivity index (χ0) is 9.56. The highest BCUT2D eigenvalue weighted by atomic mass is 16.3. The van der Waals surface area contributed by atoms with Crippen molar-refractivity contribution in [3.8, 4) is 0 Å². The van der Waals surface area contributed by atoms with Crippen LogP contribution in [0, 0.1) is 11.8 Å². The fraction of sp³-hybridized carbons (Fsp3) is 1.00. The molecule has 0 aromatic carbocycles. The van der Waals surface area contributed by atoms with E-state index in [1.54, 1.807) is 0 Å². The third kappa shape index (κ3) is 3.55. The fourth-order valence-electron chi connectivity index (χ4n) is 1.50. The molecule has 3 atom stereocenters. The number of aliphatic hydroxyl groups is 1. The van der Waals surface area contributed by atoms with E-state index in [0.29, 0.717) is 18.4 Å². The van der Waals surface area contributed by atoms with Gasteiger partial charge in [-0.2, -0.15) is 0 Å².